The molecule has 168 valence electrons. The summed E-state index contributed by atoms with van der Waals surface area (Å²) in [5.74, 6) is -0.674. The van der Waals surface area contributed by atoms with Gasteiger partial charge in [-0.05, 0) is 22.7 Å². The highest BCUT2D eigenvalue weighted by molar-refractivity contribution is 7.32. The fourth-order valence-electron chi connectivity index (χ4n) is 4.21. The topological polar surface area (TPSA) is 82.1 Å². The number of benzene rings is 1. The second-order valence-electron chi connectivity index (χ2n) is 8.14. The Morgan fingerprint density at radius 1 is 1.17 bits per heavy atom. The van der Waals surface area contributed by atoms with Crippen LogP contribution in [-0.2, 0) is 9.09 Å². The van der Waals surface area contributed by atoms with Crippen molar-refractivity contribution in [3.05, 3.63) is 22.8 Å². The van der Waals surface area contributed by atoms with E-state index in [1.165, 1.54) is 13.2 Å². The normalized spacial score (nSPS) is 13.5. The van der Waals surface area contributed by atoms with Crippen LogP contribution in [0.25, 0.3) is 10.1 Å². The van der Waals surface area contributed by atoms with E-state index in [9.17, 15) is 9.36 Å². The van der Waals surface area contributed by atoms with Crippen LogP contribution < -0.4 is 9.16 Å². The lowest BCUT2D eigenvalue weighted by Gasteiger charge is -2.42. The molecule has 10 heteroatoms. The molecule has 1 unspecified atom stereocenters. The number of Topliss-reactive ketones (excluding diaryl/α,β-unsaturated/α-hetero) is 1. The number of carbonyl (C=O) groups excluding carboxylic acids is 1. The number of hydrogen-bond donors (Lipinski definition) is 1. The Bertz CT molecular complexity index is 921. The van der Waals surface area contributed by atoms with E-state index in [1.807, 2.05) is 0 Å². The minimum Gasteiger partial charge on any atom is -0.538 e. The standard InChI is InChI=1S/C20H30FO6PSSi/c1-11(2)30(12(3)4,13(5)6)27-20-16(25-7)9-17-14(19(20)21)8-18(29-17)15(22)10-26-28(23)24/h8-9,11-13,28H,10H2,1-7H3,(H,23,24). The molecule has 0 saturated heterocycles. The number of fused-ring (bicyclic) bond motifs is 1. The maximum atomic E-state index is 15.6. The molecule has 0 aliphatic rings. The molecule has 1 aromatic heterocycles. The molecule has 1 N–H and O–H groups in total. The molecule has 0 aliphatic carbocycles. The zero-order valence-corrected chi connectivity index (χ0v) is 21.2. The van der Waals surface area contributed by atoms with Gasteiger partial charge in [0.15, 0.2) is 23.1 Å². The fourth-order valence-corrected chi connectivity index (χ4v) is 10.7. The quantitative estimate of drug-likeness (QED) is 0.250. The summed E-state index contributed by atoms with van der Waals surface area (Å²) in [6, 6.07) is 3.11. The highest BCUT2D eigenvalue weighted by Crippen LogP contribution is 2.47. The van der Waals surface area contributed by atoms with E-state index in [0.29, 0.717) is 4.70 Å². The molecule has 0 spiro atoms. The van der Waals surface area contributed by atoms with Gasteiger partial charge in [0.2, 0.25) is 0 Å². The van der Waals surface area contributed by atoms with Crippen LogP contribution in [0, 0.1) is 5.82 Å². The average Bonchev–Trinajstić information content (AvgIpc) is 3.08. The largest absolute Gasteiger partial charge is 0.538 e. The molecule has 0 aliphatic heterocycles. The Balaban J connectivity index is 2.59. The van der Waals surface area contributed by atoms with Gasteiger partial charge in [-0.3, -0.25) is 9.36 Å². The molecule has 1 atom stereocenters. The Kier molecular flexibility index (Phi) is 8.27. The Labute approximate surface area is 182 Å². The summed E-state index contributed by atoms with van der Waals surface area (Å²) in [6.07, 6.45) is 0. The molecule has 2 rings (SSSR count). The summed E-state index contributed by atoms with van der Waals surface area (Å²) < 4.78 is 43.4. The predicted octanol–water partition coefficient (Wildman–Crippen LogP) is 6.18. The first-order valence-corrected chi connectivity index (χ1v) is 14.1. The van der Waals surface area contributed by atoms with Gasteiger partial charge < -0.3 is 18.6 Å². The van der Waals surface area contributed by atoms with E-state index in [1.54, 1.807) is 6.07 Å². The smallest absolute Gasteiger partial charge is 0.317 e. The van der Waals surface area contributed by atoms with Crippen LogP contribution in [0.15, 0.2) is 12.1 Å². The van der Waals surface area contributed by atoms with Crippen molar-refractivity contribution in [2.24, 2.45) is 0 Å². The van der Waals surface area contributed by atoms with Gasteiger partial charge in [-0.2, -0.15) is 0 Å². The number of hydrogen-bond acceptors (Lipinski definition) is 6. The van der Waals surface area contributed by atoms with Gasteiger partial charge in [-0.1, -0.05) is 41.5 Å². The third-order valence-electron chi connectivity index (χ3n) is 5.49. The first-order valence-electron chi connectivity index (χ1n) is 9.83. The van der Waals surface area contributed by atoms with E-state index in [0.717, 1.165) is 11.3 Å². The molecule has 0 amide bonds. The second kappa shape index (κ2) is 9.91. The summed E-state index contributed by atoms with van der Waals surface area (Å²) in [4.78, 5) is 21.2. The summed E-state index contributed by atoms with van der Waals surface area (Å²) >= 11 is 1.08. The zero-order chi connectivity index (χ0) is 22.8. The molecule has 2 aromatic rings. The van der Waals surface area contributed by atoms with Gasteiger partial charge in [0.05, 0.1) is 12.0 Å². The average molecular weight is 477 g/mol. The monoisotopic (exact) mass is 476 g/mol. The fraction of sp³-hybridized carbons (Fsp3) is 0.550. The summed E-state index contributed by atoms with van der Waals surface area (Å²) in [5, 5.41) is 0.259. The van der Waals surface area contributed by atoms with Gasteiger partial charge in [0.1, 0.15) is 6.61 Å². The van der Waals surface area contributed by atoms with Crippen LogP contribution in [0.2, 0.25) is 16.6 Å². The number of methoxy groups -OCH3 is 1. The number of ketones is 1. The first kappa shape index (κ1) is 25.0. The van der Waals surface area contributed by atoms with Crippen molar-refractivity contribution < 1.29 is 32.3 Å². The SMILES string of the molecule is COc1cc2sc(C(=O)CO[PH](=O)O)cc2c(F)c1O[Si](C(C)C)(C(C)C)C(C)C. The summed E-state index contributed by atoms with van der Waals surface area (Å²) in [7, 11) is -4.19. The Hall–Kier alpha value is -1.25. The van der Waals surface area contributed by atoms with Crippen LogP contribution >= 0.6 is 19.6 Å². The molecule has 0 bridgehead atoms. The van der Waals surface area contributed by atoms with Gasteiger partial charge in [0, 0.05) is 16.2 Å². The Morgan fingerprint density at radius 2 is 1.73 bits per heavy atom. The Morgan fingerprint density at radius 3 is 2.20 bits per heavy atom. The number of rotatable bonds is 10. The van der Waals surface area contributed by atoms with E-state index >= 15 is 4.39 Å². The molecule has 0 fully saturated rings. The van der Waals surface area contributed by atoms with Gasteiger partial charge >= 0.3 is 8.25 Å². The number of carbonyl (C=O) groups is 1. The van der Waals surface area contributed by atoms with Gasteiger partial charge in [0.25, 0.3) is 8.32 Å². The van der Waals surface area contributed by atoms with Crippen LogP contribution in [0.4, 0.5) is 4.39 Å². The van der Waals surface area contributed by atoms with Crippen molar-refractivity contribution in [3.63, 3.8) is 0 Å². The van der Waals surface area contributed by atoms with Crippen LogP contribution in [0.5, 0.6) is 11.5 Å². The van der Waals surface area contributed by atoms with Crippen molar-refractivity contribution >= 4 is 43.8 Å². The van der Waals surface area contributed by atoms with E-state index in [2.05, 4.69) is 46.1 Å². The highest BCUT2D eigenvalue weighted by atomic mass is 32.1. The van der Waals surface area contributed by atoms with Crippen molar-refractivity contribution in [2.45, 2.75) is 58.2 Å². The lowest BCUT2D eigenvalue weighted by atomic mass is 10.2. The summed E-state index contributed by atoms with van der Waals surface area (Å²) in [5.41, 5.74) is 0.738. The van der Waals surface area contributed by atoms with Crippen molar-refractivity contribution in [2.75, 3.05) is 13.7 Å². The maximum absolute atomic E-state index is 15.6. The van der Waals surface area contributed by atoms with Crippen LogP contribution in [0.1, 0.15) is 51.2 Å². The second-order valence-corrected chi connectivity index (χ2v) is 15.4. The lowest BCUT2D eigenvalue weighted by Crippen LogP contribution is -2.51. The molecule has 0 saturated carbocycles. The van der Waals surface area contributed by atoms with E-state index in [4.69, 9.17) is 14.1 Å². The van der Waals surface area contributed by atoms with Gasteiger partial charge in [-0.25, -0.2) is 4.39 Å². The minimum absolute atomic E-state index is 0.0845. The molecular formula is C20H30FO6PSSi. The maximum Gasteiger partial charge on any atom is 0.317 e. The molecule has 1 aromatic carbocycles. The zero-order valence-electron chi connectivity index (χ0n) is 18.4. The van der Waals surface area contributed by atoms with Crippen LogP contribution in [0.3, 0.4) is 0 Å². The third kappa shape index (κ3) is 4.80. The van der Waals surface area contributed by atoms with Crippen molar-refractivity contribution in [1.82, 2.24) is 0 Å². The number of halogens is 1. The first-order chi connectivity index (χ1) is 13.9. The molecule has 1 heterocycles. The predicted molar refractivity (Wildman–Crippen MR) is 122 cm³/mol. The van der Waals surface area contributed by atoms with Crippen molar-refractivity contribution in [1.29, 1.82) is 0 Å². The number of ether oxygens (including phenoxy) is 1. The van der Waals surface area contributed by atoms with E-state index < -0.39 is 34.8 Å². The lowest BCUT2D eigenvalue weighted by molar-refractivity contribution is 0.0921. The van der Waals surface area contributed by atoms with Crippen LogP contribution in [-0.4, -0.2) is 32.7 Å². The number of thiophene rings is 1. The summed E-state index contributed by atoms with van der Waals surface area (Å²) in [6.45, 7) is 12.2. The molecular weight excluding hydrogens is 446 g/mol. The third-order valence-corrected chi connectivity index (χ3v) is 13.0. The molecule has 6 nitrogen and oxygen atoms in total. The minimum atomic E-state index is -3.21. The molecule has 0 radical (unpaired) electrons. The highest BCUT2D eigenvalue weighted by Gasteiger charge is 2.48. The van der Waals surface area contributed by atoms with E-state index in [-0.39, 0.29) is 38.4 Å². The van der Waals surface area contributed by atoms with Crippen molar-refractivity contribution in [3.8, 4) is 11.5 Å². The molecule has 30 heavy (non-hydrogen) atoms. The van der Waals surface area contributed by atoms with Gasteiger partial charge in [-0.15, -0.1) is 11.3 Å².